The molecule has 0 heterocycles. The Bertz CT molecular complexity index is 737. The molecule has 5 nitrogen and oxygen atoms in total. The molecule has 2 rings (SSSR count). The molecule has 26 heavy (non-hydrogen) atoms. The number of nitrogens with one attached hydrogen (secondary N) is 2. The van der Waals surface area contributed by atoms with Crippen LogP contribution in [0.1, 0.15) is 43.6 Å². The highest BCUT2D eigenvalue weighted by Gasteiger charge is 2.15. The molecule has 0 aromatic heterocycles. The average Bonchev–Trinajstić information content (AvgIpc) is 2.62. The van der Waals surface area contributed by atoms with E-state index in [1.165, 1.54) is 5.56 Å². The van der Waals surface area contributed by atoms with Gasteiger partial charge < -0.3 is 15.4 Å². The van der Waals surface area contributed by atoms with Crippen molar-refractivity contribution in [1.82, 2.24) is 5.32 Å². The third kappa shape index (κ3) is 5.62. The normalized spacial score (nSPS) is 11.7. The smallest absolute Gasteiger partial charge is 0.265 e. The largest absolute Gasteiger partial charge is 0.481 e. The van der Waals surface area contributed by atoms with Gasteiger partial charge in [-0.2, -0.15) is 0 Å². The summed E-state index contributed by atoms with van der Waals surface area (Å²) < 4.78 is 5.68. The highest BCUT2D eigenvalue weighted by atomic mass is 16.5. The summed E-state index contributed by atoms with van der Waals surface area (Å²) in [4.78, 5) is 24.2. The van der Waals surface area contributed by atoms with E-state index in [2.05, 4.69) is 17.6 Å². The van der Waals surface area contributed by atoms with Crippen molar-refractivity contribution in [2.45, 2.75) is 46.3 Å². The minimum Gasteiger partial charge on any atom is -0.481 e. The van der Waals surface area contributed by atoms with Crippen molar-refractivity contribution >= 4 is 17.5 Å². The van der Waals surface area contributed by atoms with Crippen molar-refractivity contribution in [3.8, 4) is 5.75 Å². The van der Waals surface area contributed by atoms with E-state index in [0.717, 1.165) is 6.42 Å². The van der Waals surface area contributed by atoms with Gasteiger partial charge in [0.15, 0.2) is 6.10 Å². The maximum Gasteiger partial charge on any atom is 0.265 e. The van der Waals surface area contributed by atoms with E-state index < -0.39 is 6.10 Å². The third-order valence-corrected chi connectivity index (χ3v) is 3.85. The van der Waals surface area contributed by atoms with E-state index in [1.54, 1.807) is 31.2 Å². The van der Waals surface area contributed by atoms with E-state index in [1.807, 2.05) is 38.1 Å². The summed E-state index contributed by atoms with van der Waals surface area (Å²) in [7, 11) is 0. The molecular formula is C21H26N2O3. The third-order valence-electron chi connectivity index (χ3n) is 3.85. The van der Waals surface area contributed by atoms with Crippen molar-refractivity contribution in [3.63, 3.8) is 0 Å². The first kappa shape index (κ1) is 19.5. The first-order valence-electron chi connectivity index (χ1n) is 8.86. The molecule has 0 aliphatic rings. The van der Waals surface area contributed by atoms with E-state index >= 15 is 0 Å². The standard InChI is InChI=1S/C21H26N2O3/c1-5-16-6-12-19(13-7-16)26-15(4)20(24)23-18-10-8-17(9-11-18)21(25)22-14(2)3/h6-15H,5H2,1-4H3,(H,22,25)(H,23,24). The zero-order valence-electron chi connectivity index (χ0n) is 15.7. The number of carbonyl (C=O) groups excluding carboxylic acids is 2. The van der Waals surface area contributed by atoms with Crippen LogP contribution in [0.2, 0.25) is 0 Å². The van der Waals surface area contributed by atoms with Gasteiger partial charge >= 0.3 is 0 Å². The fourth-order valence-corrected chi connectivity index (χ4v) is 2.36. The molecule has 1 unspecified atom stereocenters. The molecule has 5 heteroatoms. The number of ether oxygens (including phenoxy) is 1. The molecule has 2 aromatic carbocycles. The van der Waals surface area contributed by atoms with Crippen molar-refractivity contribution in [1.29, 1.82) is 0 Å². The number of aryl methyl sites for hydroxylation is 1. The van der Waals surface area contributed by atoms with Crippen molar-refractivity contribution in [3.05, 3.63) is 59.7 Å². The Kier molecular flexibility index (Phi) is 6.78. The predicted octanol–water partition coefficient (Wildman–Crippen LogP) is 3.79. The molecule has 0 aliphatic carbocycles. The van der Waals surface area contributed by atoms with Gasteiger partial charge in [0.25, 0.3) is 11.8 Å². The summed E-state index contributed by atoms with van der Waals surface area (Å²) in [5, 5.41) is 5.62. The van der Waals surface area contributed by atoms with Gasteiger partial charge in [-0.05, 0) is 69.2 Å². The molecule has 0 saturated carbocycles. The summed E-state index contributed by atoms with van der Waals surface area (Å²) in [5.74, 6) is 0.277. The minimum absolute atomic E-state index is 0.0752. The van der Waals surface area contributed by atoms with Gasteiger partial charge in [0.1, 0.15) is 5.75 Å². The van der Waals surface area contributed by atoms with Crippen LogP contribution < -0.4 is 15.4 Å². The molecule has 0 radical (unpaired) electrons. The van der Waals surface area contributed by atoms with Crippen LogP contribution in [0.25, 0.3) is 0 Å². The highest BCUT2D eigenvalue weighted by Crippen LogP contribution is 2.16. The summed E-state index contributed by atoms with van der Waals surface area (Å²) in [5.41, 5.74) is 2.39. The molecule has 0 fully saturated rings. The summed E-state index contributed by atoms with van der Waals surface area (Å²) in [6.07, 6.45) is 0.327. The van der Waals surface area contributed by atoms with Crippen molar-refractivity contribution in [2.75, 3.05) is 5.32 Å². The molecule has 1 atom stereocenters. The molecule has 0 aliphatic heterocycles. The van der Waals surface area contributed by atoms with Crippen LogP contribution in [0.4, 0.5) is 5.69 Å². The van der Waals surface area contributed by atoms with Gasteiger partial charge in [-0.1, -0.05) is 19.1 Å². The molecule has 2 N–H and O–H groups in total. The number of benzene rings is 2. The number of hydrogen-bond acceptors (Lipinski definition) is 3. The number of rotatable bonds is 7. The number of carbonyl (C=O) groups is 2. The Morgan fingerprint density at radius 2 is 1.58 bits per heavy atom. The van der Waals surface area contributed by atoms with Gasteiger partial charge in [0.05, 0.1) is 0 Å². The number of amides is 2. The first-order chi connectivity index (χ1) is 12.4. The van der Waals surface area contributed by atoms with Crippen LogP contribution in [0.5, 0.6) is 5.75 Å². The Hall–Kier alpha value is -2.82. The molecule has 0 saturated heterocycles. The van der Waals surface area contributed by atoms with Crippen LogP contribution in [-0.4, -0.2) is 24.0 Å². The number of anilines is 1. The van der Waals surface area contributed by atoms with Crippen LogP contribution in [0.15, 0.2) is 48.5 Å². The lowest BCUT2D eigenvalue weighted by molar-refractivity contribution is -0.122. The average molecular weight is 354 g/mol. The topological polar surface area (TPSA) is 67.4 Å². The Labute approximate surface area is 154 Å². The molecule has 2 aromatic rings. The summed E-state index contributed by atoms with van der Waals surface area (Å²) in [6, 6.07) is 14.6. The van der Waals surface area contributed by atoms with Gasteiger partial charge in [-0.15, -0.1) is 0 Å². The van der Waals surface area contributed by atoms with Gasteiger partial charge in [-0.3, -0.25) is 9.59 Å². The Morgan fingerprint density at radius 1 is 0.962 bits per heavy atom. The second-order valence-corrected chi connectivity index (χ2v) is 6.45. The van der Waals surface area contributed by atoms with Gasteiger partial charge in [0.2, 0.25) is 0 Å². The van der Waals surface area contributed by atoms with E-state index in [-0.39, 0.29) is 17.9 Å². The molecular weight excluding hydrogens is 328 g/mol. The zero-order valence-corrected chi connectivity index (χ0v) is 15.7. The minimum atomic E-state index is -0.633. The van der Waals surface area contributed by atoms with E-state index in [4.69, 9.17) is 4.74 Å². The number of hydrogen-bond donors (Lipinski definition) is 2. The first-order valence-corrected chi connectivity index (χ1v) is 8.86. The highest BCUT2D eigenvalue weighted by molar-refractivity contribution is 5.96. The second-order valence-electron chi connectivity index (χ2n) is 6.45. The molecule has 138 valence electrons. The van der Waals surface area contributed by atoms with E-state index in [9.17, 15) is 9.59 Å². The monoisotopic (exact) mass is 354 g/mol. The van der Waals surface area contributed by atoms with Crippen LogP contribution in [-0.2, 0) is 11.2 Å². The zero-order chi connectivity index (χ0) is 19.1. The predicted molar refractivity (Wildman–Crippen MR) is 104 cm³/mol. The van der Waals surface area contributed by atoms with Crippen LogP contribution in [0.3, 0.4) is 0 Å². The van der Waals surface area contributed by atoms with E-state index in [0.29, 0.717) is 17.0 Å². The lowest BCUT2D eigenvalue weighted by Crippen LogP contribution is -2.30. The van der Waals surface area contributed by atoms with Crippen LogP contribution >= 0.6 is 0 Å². The Morgan fingerprint density at radius 3 is 2.12 bits per heavy atom. The fourth-order valence-electron chi connectivity index (χ4n) is 2.36. The van der Waals surface area contributed by atoms with Gasteiger partial charge in [0, 0.05) is 17.3 Å². The summed E-state index contributed by atoms with van der Waals surface area (Å²) >= 11 is 0. The van der Waals surface area contributed by atoms with Crippen molar-refractivity contribution in [2.24, 2.45) is 0 Å². The van der Waals surface area contributed by atoms with Crippen LogP contribution in [0, 0.1) is 0 Å². The molecule has 0 bridgehead atoms. The van der Waals surface area contributed by atoms with Crippen molar-refractivity contribution < 1.29 is 14.3 Å². The molecule has 0 spiro atoms. The SMILES string of the molecule is CCc1ccc(OC(C)C(=O)Nc2ccc(C(=O)NC(C)C)cc2)cc1. The maximum absolute atomic E-state index is 12.3. The summed E-state index contributed by atoms with van der Waals surface area (Å²) in [6.45, 7) is 7.60. The fraction of sp³-hybridized carbons (Fsp3) is 0.333. The quantitative estimate of drug-likeness (QED) is 0.795. The maximum atomic E-state index is 12.3. The lowest BCUT2D eigenvalue weighted by atomic mass is 10.1. The second kappa shape index (κ2) is 9.04. The lowest BCUT2D eigenvalue weighted by Gasteiger charge is -2.15. The Balaban J connectivity index is 1.92. The molecule has 2 amide bonds. The van der Waals surface area contributed by atoms with Gasteiger partial charge in [-0.25, -0.2) is 0 Å².